The van der Waals surface area contributed by atoms with Crippen LogP contribution >= 0.6 is 15.9 Å². The number of aromatic nitrogens is 2. The molecule has 8 nitrogen and oxygen atoms in total. The summed E-state index contributed by atoms with van der Waals surface area (Å²) >= 11 is 3.59. The molecule has 1 aromatic carbocycles. The number of nitrogens with one attached hydrogen (secondary N) is 2. The normalized spacial score (nSPS) is 34.3. The van der Waals surface area contributed by atoms with E-state index in [0.29, 0.717) is 30.3 Å². The minimum Gasteiger partial charge on any atom is -0.494 e. The second kappa shape index (κ2) is 9.57. The zero-order valence-corrected chi connectivity index (χ0v) is 21.7. The van der Waals surface area contributed by atoms with Gasteiger partial charge in [-0.15, -0.1) is 0 Å². The third-order valence-electron chi connectivity index (χ3n) is 8.76. The molecule has 6 atom stereocenters. The van der Waals surface area contributed by atoms with Crippen molar-refractivity contribution >= 4 is 27.4 Å². The lowest BCUT2D eigenvalue weighted by Gasteiger charge is -2.61. The van der Waals surface area contributed by atoms with Gasteiger partial charge in [-0.1, -0.05) is 0 Å². The number of nitrogen functional groups attached to an aromatic ring is 1. The molecule has 190 valence electrons. The monoisotopic (exact) mass is 545 g/mol. The number of rotatable bonds is 8. The van der Waals surface area contributed by atoms with Gasteiger partial charge in [-0.25, -0.2) is 0 Å². The molecule has 0 amide bonds. The molecule has 0 spiro atoms. The first kappa shape index (κ1) is 23.6. The van der Waals surface area contributed by atoms with Crippen molar-refractivity contribution in [2.24, 2.45) is 17.8 Å². The Balaban J connectivity index is 1.18. The van der Waals surface area contributed by atoms with Crippen molar-refractivity contribution in [1.82, 2.24) is 15.1 Å². The standard InChI is InChI=1S/C26H36BrN5O3/c27-21-15-29-31-25(21)30-24-17-10-16-12-26(33,13-17)14-20(24)23(16)19-11-18(2-3-22(19)28)35-7-1-4-32-5-8-34-9-6-32/h2-3,11,15-17,20,23-24,33H,1,4-10,12-14,28H2,(H2,29,30,31)/t16?,17?,20?,23?,24-,26-/m0/s1. The summed E-state index contributed by atoms with van der Waals surface area (Å²) in [7, 11) is 0. The van der Waals surface area contributed by atoms with E-state index in [4.69, 9.17) is 15.2 Å². The Labute approximate surface area is 215 Å². The zero-order valence-electron chi connectivity index (χ0n) is 20.1. The molecule has 1 saturated heterocycles. The predicted octanol–water partition coefficient (Wildman–Crippen LogP) is 3.60. The van der Waals surface area contributed by atoms with Gasteiger partial charge in [-0.3, -0.25) is 10.00 Å². The van der Waals surface area contributed by atoms with Gasteiger partial charge in [0.2, 0.25) is 0 Å². The van der Waals surface area contributed by atoms with Crippen molar-refractivity contribution in [2.75, 3.05) is 50.5 Å². The van der Waals surface area contributed by atoms with Gasteiger partial charge in [-0.05, 0) is 95.5 Å². The topological polar surface area (TPSA) is 109 Å². The maximum Gasteiger partial charge on any atom is 0.136 e. The average Bonchev–Trinajstić information content (AvgIpc) is 3.25. The second-order valence-electron chi connectivity index (χ2n) is 11.0. The van der Waals surface area contributed by atoms with Crippen LogP contribution in [0.5, 0.6) is 5.75 Å². The fourth-order valence-electron chi connectivity index (χ4n) is 7.43. The largest absolute Gasteiger partial charge is 0.494 e. The fourth-order valence-corrected chi connectivity index (χ4v) is 7.73. The molecular weight excluding hydrogens is 510 g/mol. The lowest BCUT2D eigenvalue weighted by Crippen LogP contribution is -2.61. The second-order valence-corrected chi connectivity index (χ2v) is 11.8. The SMILES string of the molecule is Nc1ccc(OCCCN2CCOCC2)cc1C1C2CC3C[C@@](O)(C2)CC1[C@H]3Nc1[nH]ncc1Br. The Morgan fingerprint density at radius 3 is 2.89 bits per heavy atom. The summed E-state index contributed by atoms with van der Waals surface area (Å²) in [5.74, 6) is 3.32. The molecule has 9 heteroatoms. The summed E-state index contributed by atoms with van der Waals surface area (Å²) in [6.45, 7) is 5.40. The number of aromatic amines is 1. The number of nitrogens with two attached hydrogens (primary N) is 1. The molecule has 4 saturated carbocycles. The third-order valence-corrected chi connectivity index (χ3v) is 9.36. The van der Waals surface area contributed by atoms with Gasteiger partial charge in [0.15, 0.2) is 0 Å². The Hall–Kier alpha value is -1.81. The molecule has 4 unspecified atom stereocenters. The highest BCUT2D eigenvalue weighted by atomic mass is 79.9. The fraction of sp³-hybridized carbons (Fsp3) is 0.654. The van der Waals surface area contributed by atoms with Crippen LogP contribution in [0.25, 0.3) is 0 Å². The molecule has 2 heterocycles. The van der Waals surface area contributed by atoms with Gasteiger partial charge in [0.1, 0.15) is 11.6 Å². The Morgan fingerprint density at radius 2 is 2.09 bits per heavy atom. The van der Waals surface area contributed by atoms with E-state index in [2.05, 4.69) is 42.4 Å². The van der Waals surface area contributed by atoms with E-state index in [0.717, 1.165) is 86.7 Å². The Bertz CT molecular complexity index is 1040. The highest BCUT2D eigenvalue weighted by Gasteiger charge is 2.59. The first-order chi connectivity index (χ1) is 17.0. The van der Waals surface area contributed by atoms with Crippen LogP contribution in [0.15, 0.2) is 28.9 Å². The maximum atomic E-state index is 11.3. The summed E-state index contributed by atoms with van der Waals surface area (Å²) in [6, 6.07) is 6.44. The van der Waals surface area contributed by atoms with Crippen LogP contribution in [0, 0.1) is 17.8 Å². The molecule has 7 rings (SSSR count). The van der Waals surface area contributed by atoms with Gasteiger partial charge >= 0.3 is 0 Å². The number of anilines is 2. The number of nitrogens with zero attached hydrogens (tertiary/aromatic N) is 2. The highest BCUT2D eigenvalue weighted by molar-refractivity contribution is 9.10. The number of H-pyrrole nitrogens is 1. The smallest absolute Gasteiger partial charge is 0.136 e. The molecule has 0 radical (unpaired) electrons. The lowest BCUT2D eigenvalue weighted by atomic mass is 9.47. The summed E-state index contributed by atoms with van der Waals surface area (Å²) in [6.07, 6.45) is 6.43. The summed E-state index contributed by atoms with van der Waals surface area (Å²) < 4.78 is 12.6. The summed E-state index contributed by atoms with van der Waals surface area (Å²) in [5.41, 5.74) is 8.05. The quantitative estimate of drug-likeness (QED) is 0.296. The van der Waals surface area contributed by atoms with Crippen LogP contribution in [-0.4, -0.2) is 71.3 Å². The molecule has 35 heavy (non-hydrogen) atoms. The molecule has 5 fully saturated rings. The minimum atomic E-state index is -0.541. The maximum absolute atomic E-state index is 11.3. The molecular formula is C26H36BrN5O3. The van der Waals surface area contributed by atoms with E-state index in [1.807, 2.05) is 12.1 Å². The van der Waals surface area contributed by atoms with Crippen LogP contribution < -0.4 is 15.8 Å². The van der Waals surface area contributed by atoms with Crippen molar-refractivity contribution in [1.29, 1.82) is 0 Å². The van der Waals surface area contributed by atoms with Gasteiger partial charge in [-0.2, -0.15) is 5.10 Å². The molecule has 1 aliphatic heterocycles. The van der Waals surface area contributed by atoms with Crippen molar-refractivity contribution in [2.45, 2.75) is 49.7 Å². The van der Waals surface area contributed by atoms with Crippen LogP contribution in [0.4, 0.5) is 11.5 Å². The number of ether oxygens (including phenoxy) is 2. The number of morpholine rings is 1. The molecule has 2 aromatic rings. The Kier molecular flexibility index (Phi) is 6.45. The first-order valence-corrected chi connectivity index (χ1v) is 13.8. The first-order valence-electron chi connectivity index (χ1n) is 13.0. The number of benzene rings is 1. The van der Waals surface area contributed by atoms with E-state index >= 15 is 0 Å². The van der Waals surface area contributed by atoms with Crippen molar-refractivity contribution in [3.8, 4) is 5.75 Å². The van der Waals surface area contributed by atoms with E-state index < -0.39 is 5.60 Å². The molecule has 4 aliphatic carbocycles. The van der Waals surface area contributed by atoms with E-state index in [-0.39, 0.29) is 6.04 Å². The number of hydrogen-bond donors (Lipinski definition) is 4. The third kappa shape index (κ3) is 4.68. The summed E-state index contributed by atoms with van der Waals surface area (Å²) in [4.78, 5) is 2.44. The van der Waals surface area contributed by atoms with Crippen LogP contribution in [0.3, 0.4) is 0 Å². The molecule has 4 bridgehead atoms. The van der Waals surface area contributed by atoms with E-state index in [1.54, 1.807) is 6.20 Å². The van der Waals surface area contributed by atoms with Crippen molar-refractivity contribution < 1.29 is 14.6 Å². The minimum absolute atomic E-state index is 0.270. The predicted molar refractivity (Wildman–Crippen MR) is 139 cm³/mol. The zero-order chi connectivity index (χ0) is 24.0. The molecule has 1 aromatic heterocycles. The average molecular weight is 547 g/mol. The number of aliphatic hydroxyl groups is 1. The van der Waals surface area contributed by atoms with Crippen molar-refractivity contribution in [3.63, 3.8) is 0 Å². The van der Waals surface area contributed by atoms with Gasteiger partial charge in [0.05, 0.1) is 36.1 Å². The van der Waals surface area contributed by atoms with Crippen molar-refractivity contribution in [3.05, 3.63) is 34.4 Å². The lowest BCUT2D eigenvalue weighted by molar-refractivity contribution is -0.140. The Morgan fingerprint density at radius 1 is 1.26 bits per heavy atom. The molecule has 5 N–H and O–H groups in total. The van der Waals surface area contributed by atoms with E-state index in [9.17, 15) is 5.11 Å². The number of hydrogen-bond acceptors (Lipinski definition) is 7. The van der Waals surface area contributed by atoms with Crippen LogP contribution in [-0.2, 0) is 4.74 Å². The van der Waals surface area contributed by atoms with Gasteiger partial charge < -0.3 is 25.6 Å². The highest BCUT2D eigenvalue weighted by Crippen LogP contribution is 2.62. The van der Waals surface area contributed by atoms with Gasteiger partial charge in [0.25, 0.3) is 0 Å². The molecule has 5 aliphatic rings. The number of halogens is 1. The summed E-state index contributed by atoms with van der Waals surface area (Å²) in [5, 5.41) is 22.3. The van der Waals surface area contributed by atoms with Crippen LogP contribution in [0.2, 0.25) is 0 Å². The van der Waals surface area contributed by atoms with Crippen LogP contribution in [0.1, 0.15) is 43.6 Å². The van der Waals surface area contributed by atoms with E-state index in [1.165, 1.54) is 5.56 Å². The van der Waals surface area contributed by atoms with Gasteiger partial charge in [0, 0.05) is 31.4 Å².